The molecular weight excluding hydrogens is 558 g/mol. The number of hydrogen-bond acceptors (Lipinski definition) is 4. The van der Waals surface area contributed by atoms with Gasteiger partial charge < -0.3 is 9.52 Å². The average molecular weight is 568 g/mol. The summed E-state index contributed by atoms with van der Waals surface area (Å²) in [7, 11) is 0. The van der Waals surface area contributed by atoms with Crippen LogP contribution in [0.3, 0.4) is 0 Å². The minimum Gasteiger partial charge on any atom is -0.507 e. The number of phenolic OH excluding ortho intramolecular Hbond substituents is 1. The van der Waals surface area contributed by atoms with E-state index in [0.29, 0.717) is 24.0 Å². The molecule has 1 N–H and O–H groups in total. The number of halogens is 2. The van der Waals surface area contributed by atoms with Gasteiger partial charge in [0, 0.05) is 22.1 Å². The lowest BCUT2D eigenvalue weighted by Gasteiger charge is -2.18. The van der Waals surface area contributed by atoms with Crippen molar-refractivity contribution >= 4 is 62.4 Å². The Kier molecular flexibility index (Phi) is 4.47. The van der Waals surface area contributed by atoms with Gasteiger partial charge in [-0.15, -0.1) is 0 Å². The van der Waals surface area contributed by atoms with Crippen molar-refractivity contribution in [3.63, 3.8) is 0 Å². The van der Waals surface area contributed by atoms with Crippen molar-refractivity contribution in [2.75, 3.05) is 0 Å². The van der Waals surface area contributed by atoms with E-state index in [1.54, 1.807) is 30.3 Å². The molecule has 128 valence electrons. The molecule has 4 rings (SSSR count). The summed E-state index contributed by atoms with van der Waals surface area (Å²) in [6.07, 6.45) is 0.815. The SMILES string of the molecule is O=Cc1ccccc1-c1c2ccc(=O)c(I)c-2oc2c(I)c(O)ccc12. The molecule has 1 heterocycles. The molecule has 4 nitrogen and oxygen atoms in total. The average Bonchev–Trinajstić information content (AvgIpc) is 2.66. The van der Waals surface area contributed by atoms with Gasteiger partial charge in [0.05, 0.1) is 3.57 Å². The molecule has 0 fully saturated rings. The van der Waals surface area contributed by atoms with Crippen molar-refractivity contribution in [1.29, 1.82) is 0 Å². The summed E-state index contributed by atoms with van der Waals surface area (Å²) < 4.78 is 7.06. The van der Waals surface area contributed by atoms with Crippen LogP contribution in [0, 0.1) is 7.14 Å². The number of benzene rings is 3. The summed E-state index contributed by atoms with van der Waals surface area (Å²) in [5.41, 5.74) is 3.20. The minimum atomic E-state index is -0.133. The van der Waals surface area contributed by atoms with Crippen LogP contribution in [0.5, 0.6) is 5.75 Å². The van der Waals surface area contributed by atoms with E-state index >= 15 is 0 Å². The summed E-state index contributed by atoms with van der Waals surface area (Å²) in [6.45, 7) is 0. The molecule has 2 aromatic carbocycles. The van der Waals surface area contributed by atoms with E-state index in [1.165, 1.54) is 6.07 Å². The largest absolute Gasteiger partial charge is 0.507 e. The maximum Gasteiger partial charge on any atom is 0.195 e. The second-order valence-corrected chi connectivity index (χ2v) is 7.87. The van der Waals surface area contributed by atoms with Crippen LogP contribution < -0.4 is 5.43 Å². The van der Waals surface area contributed by atoms with Crippen LogP contribution in [0.2, 0.25) is 0 Å². The van der Waals surface area contributed by atoms with Crippen LogP contribution in [0.1, 0.15) is 10.4 Å². The fraction of sp³-hybridized carbons (Fsp3) is 0. The number of aldehydes is 1. The monoisotopic (exact) mass is 568 g/mol. The third-order valence-corrected chi connectivity index (χ3v) is 6.30. The van der Waals surface area contributed by atoms with Gasteiger partial charge in [-0.2, -0.15) is 0 Å². The highest BCUT2D eigenvalue weighted by Crippen LogP contribution is 2.44. The highest BCUT2D eigenvalue weighted by molar-refractivity contribution is 14.1. The fourth-order valence-electron chi connectivity index (χ4n) is 3.04. The van der Waals surface area contributed by atoms with Crippen LogP contribution in [0.25, 0.3) is 33.4 Å². The summed E-state index contributed by atoms with van der Waals surface area (Å²) >= 11 is 3.98. The minimum absolute atomic E-state index is 0.101. The molecular formula is C20H10I2O4. The van der Waals surface area contributed by atoms with Crippen molar-refractivity contribution in [2.24, 2.45) is 0 Å². The number of carbonyl (C=O) groups excluding carboxylic acids is 1. The predicted octanol–water partition coefficient (Wildman–Crippen LogP) is 5.29. The zero-order valence-corrected chi connectivity index (χ0v) is 17.4. The van der Waals surface area contributed by atoms with E-state index in [4.69, 9.17) is 4.42 Å². The number of hydrogen-bond donors (Lipinski definition) is 1. The second-order valence-electron chi connectivity index (χ2n) is 5.71. The summed E-state index contributed by atoms with van der Waals surface area (Å²) in [4.78, 5) is 23.7. The lowest BCUT2D eigenvalue weighted by molar-refractivity contribution is 0.112. The molecule has 0 amide bonds. The van der Waals surface area contributed by atoms with Crippen molar-refractivity contribution in [3.8, 4) is 28.2 Å². The topological polar surface area (TPSA) is 67.5 Å². The molecule has 0 spiro atoms. The fourth-order valence-corrected chi connectivity index (χ4v) is 4.20. The maximum atomic E-state index is 12.1. The van der Waals surface area contributed by atoms with Gasteiger partial charge in [-0.1, -0.05) is 24.3 Å². The van der Waals surface area contributed by atoms with E-state index in [9.17, 15) is 14.7 Å². The highest BCUT2D eigenvalue weighted by Gasteiger charge is 2.23. The number of fused-ring (bicyclic) bond motifs is 2. The number of carbonyl (C=O) groups is 1. The van der Waals surface area contributed by atoms with Gasteiger partial charge in [-0.05, 0) is 75.0 Å². The quantitative estimate of drug-likeness (QED) is 0.203. The number of rotatable bonds is 2. The predicted molar refractivity (Wildman–Crippen MR) is 117 cm³/mol. The van der Waals surface area contributed by atoms with Gasteiger partial charge in [0.2, 0.25) is 0 Å². The van der Waals surface area contributed by atoms with Crippen LogP contribution in [-0.4, -0.2) is 11.4 Å². The molecule has 6 heteroatoms. The second kappa shape index (κ2) is 6.66. The van der Waals surface area contributed by atoms with Gasteiger partial charge in [0.15, 0.2) is 23.1 Å². The van der Waals surface area contributed by atoms with Crippen LogP contribution in [0.15, 0.2) is 57.7 Å². The molecule has 0 aromatic heterocycles. The third-order valence-electron chi connectivity index (χ3n) is 4.24. The Morgan fingerprint density at radius 1 is 0.923 bits per heavy atom. The van der Waals surface area contributed by atoms with E-state index in [1.807, 2.05) is 57.3 Å². The Morgan fingerprint density at radius 3 is 2.46 bits per heavy atom. The molecule has 0 bridgehead atoms. The molecule has 1 aliphatic heterocycles. The van der Waals surface area contributed by atoms with Gasteiger partial charge in [-0.25, -0.2) is 0 Å². The van der Waals surface area contributed by atoms with Crippen LogP contribution in [0.4, 0.5) is 0 Å². The van der Waals surface area contributed by atoms with Crippen LogP contribution in [-0.2, 0) is 0 Å². The Balaban J connectivity index is 2.29. The highest BCUT2D eigenvalue weighted by atomic mass is 127. The summed E-state index contributed by atoms with van der Waals surface area (Å²) in [5.74, 6) is 0.550. The number of phenols is 1. The molecule has 0 atom stereocenters. The molecule has 0 saturated heterocycles. The Bertz CT molecular complexity index is 1210. The Labute approximate surface area is 175 Å². The van der Waals surface area contributed by atoms with E-state index in [2.05, 4.69) is 0 Å². The zero-order chi connectivity index (χ0) is 18.4. The van der Waals surface area contributed by atoms with Crippen molar-refractivity contribution < 1.29 is 14.3 Å². The molecule has 26 heavy (non-hydrogen) atoms. The molecule has 2 aromatic rings. The van der Waals surface area contributed by atoms with Gasteiger partial charge in [-0.3, -0.25) is 9.59 Å². The summed E-state index contributed by atoms with van der Waals surface area (Å²) in [6, 6.07) is 13.9. The maximum absolute atomic E-state index is 12.1. The van der Waals surface area contributed by atoms with Crippen molar-refractivity contribution in [2.45, 2.75) is 0 Å². The van der Waals surface area contributed by atoms with E-state index in [0.717, 1.165) is 28.4 Å². The van der Waals surface area contributed by atoms with Crippen LogP contribution >= 0.6 is 45.2 Å². The molecule has 0 radical (unpaired) electrons. The lowest BCUT2D eigenvalue weighted by atomic mass is 9.91. The lowest BCUT2D eigenvalue weighted by Crippen LogP contribution is -2.07. The van der Waals surface area contributed by atoms with Crippen molar-refractivity contribution in [3.05, 3.63) is 71.5 Å². The van der Waals surface area contributed by atoms with E-state index < -0.39 is 0 Å². The first-order valence-electron chi connectivity index (χ1n) is 7.64. The normalized spacial score (nSPS) is 11.2. The first-order valence-corrected chi connectivity index (χ1v) is 9.79. The first kappa shape index (κ1) is 17.5. The smallest absolute Gasteiger partial charge is 0.195 e. The molecule has 0 saturated carbocycles. The third kappa shape index (κ3) is 2.62. The molecule has 1 aliphatic carbocycles. The van der Waals surface area contributed by atoms with Gasteiger partial charge in [0.25, 0.3) is 0 Å². The standard InChI is InChI=1S/C20H10I2O4/c21-17-14(24)7-5-12-16(11-4-2-1-3-10(11)9-23)13-6-8-15(25)18(22)20(13)26-19(12)17/h1-9,24H. The molecule has 2 aliphatic rings. The van der Waals surface area contributed by atoms with E-state index in [-0.39, 0.29) is 11.2 Å². The summed E-state index contributed by atoms with van der Waals surface area (Å²) in [5, 5.41) is 10.9. The van der Waals surface area contributed by atoms with Crippen molar-refractivity contribution in [1.82, 2.24) is 0 Å². The molecule has 0 unspecified atom stereocenters. The zero-order valence-electron chi connectivity index (χ0n) is 13.1. The first-order chi connectivity index (χ1) is 12.5. The Morgan fingerprint density at radius 2 is 1.69 bits per heavy atom. The van der Waals surface area contributed by atoms with Gasteiger partial charge >= 0.3 is 0 Å². The van der Waals surface area contributed by atoms with Gasteiger partial charge in [0.1, 0.15) is 9.32 Å². The number of aromatic hydroxyl groups is 1. The Hall–Kier alpha value is -1.94.